The topological polar surface area (TPSA) is 131 Å². The van der Waals surface area contributed by atoms with E-state index in [9.17, 15) is 24.0 Å². The van der Waals surface area contributed by atoms with E-state index in [1.54, 1.807) is 63.2 Å². The van der Waals surface area contributed by atoms with Gasteiger partial charge in [0.2, 0.25) is 0 Å². The summed E-state index contributed by atoms with van der Waals surface area (Å²) in [5.74, 6) is -2.86. The van der Waals surface area contributed by atoms with Crippen molar-refractivity contribution in [1.29, 1.82) is 0 Å². The van der Waals surface area contributed by atoms with Crippen LogP contribution < -0.4 is 15.5 Å². The molecule has 41 heavy (non-hydrogen) atoms. The Bertz CT molecular complexity index is 1550. The number of nitrogens with one attached hydrogen (secondary N) is 2. The third-order valence-electron chi connectivity index (χ3n) is 5.78. The SMILES string of the molecule is CCOC(=O)c1ccc(N2C(=O)C(Cl)=C(Nc3cccc(C(=O)Nc4ccc(C(=O)OC(C)C)cc4)c3)C2=O)cc1. The monoisotopic (exact) mass is 575 g/mol. The van der Waals surface area contributed by atoms with Crippen molar-refractivity contribution in [2.24, 2.45) is 0 Å². The van der Waals surface area contributed by atoms with Crippen LogP contribution in [0.25, 0.3) is 0 Å². The minimum atomic E-state index is -0.738. The van der Waals surface area contributed by atoms with Gasteiger partial charge in [0.15, 0.2) is 0 Å². The molecule has 3 aromatic carbocycles. The standard InChI is InChI=1S/C30H26ClN3O7/c1-4-40-29(38)18-10-14-23(15-11-18)34-27(36)24(31)25(28(34)37)32-22-7-5-6-20(16-22)26(35)33-21-12-8-19(9-13-21)30(39)41-17(2)3/h5-17,32H,4H2,1-3H3,(H,33,35). The zero-order valence-corrected chi connectivity index (χ0v) is 23.2. The molecule has 11 heteroatoms. The Morgan fingerprint density at radius 3 is 2.10 bits per heavy atom. The van der Waals surface area contributed by atoms with Crippen LogP contribution in [0.4, 0.5) is 17.1 Å². The summed E-state index contributed by atoms with van der Waals surface area (Å²) < 4.78 is 10.1. The molecule has 10 nitrogen and oxygen atoms in total. The second-order valence-corrected chi connectivity index (χ2v) is 9.47. The number of imide groups is 1. The van der Waals surface area contributed by atoms with Crippen molar-refractivity contribution in [2.45, 2.75) is 26.9 Å². The smallest absolute Gasteiger partial charge is 0.338 e. The quantitative estimate of drug-likeness (QED) is 0.266. The molecule has 0 unspecified atom stereocenters. The molecule has 0 spiro atoms. The molecular weight excluding hydrogens is 550 g/mol. The molecule has 0 saturated heterocycles. The number of rotatable bonds is 9. The molecule has 0 radical (unpaired) electrons. The van der Waals surface area contributed by atoms with Crippen LogP contribution >= 0.6 is 11.6 Å². The molecule has 0 bridgehead atoms. The number of ether oxygens (including phenoxy) is 2. The van der Waals surface area contributed by atoms with Crippen LogP contribution in [0.15, 0.2) is 83.5 Å². The number of halogens is 1. The Morgan fingerprint density at radius 2 is 1.46 bits per heavy atom. The number of hydrogen-bond donors (Lipinski definition) is 2. The molecule has 4 rings (SSSR count). The fourth-order valence-electron chi connectivity index (χ4n) is 3.86. The van der Waals surface area contributed by atoms with Crippen LogP contribution in [0.3, 0.4) is 0 Å². The van der Waals surface area contributed by atoms with E-state index in [2.05, 4.69) is 10.6 Å². The van der Waals surface area contributed by atoms with E-state index in [1.807, 2.05) is 0 Å². The molecule has 0 saturated carbocycles. The Hall–Kier alpha value is -4.96. The van der Waals surface area contributed by atoms with E-state index in [-0.39, 0.29) is 40.3 Å². The summed E-state index contributed by atoms with van der Waals surface area (Å²) in [6, 6.07) is 18.3. The molecule has 2 N–H and O–H groups in total. The molecule has 0 aromatic heterocycles. The Kier molecular flexibility index (Phi) is 8.84. The lowest BCUT2D eigenvalue weighted by atomic mass is 10.1. The maximum atomic E-state index is 13.1. The second-order valence-electron chi connectivity index (χ2n) is 9.09. The lowest BCUT2D eigenvalue weighted by Crippen LogP contribution is -2.32. The number of esters is 2. The van der Waals surface area contributed by atoms with E-state index in [1.165, 1.54) is 30.3 Å². The maximum absolute atomic E-state index is 13.1. The van der Waals surface area contributed by atoms with Gasteiger partial charge in [-0.15, -0.1) is 0 Å². The summed E-state index contributed by atoms with van der Waals surface area (Å²) in [4.78, 5) is 63.7. The lowest BCUT2D eigenvalue weighted by Gasteiger charge is -2.15. The summed E-state index contributed by atoms with van der Waals surface area (Å²) in [6.07, 6.45) is -0.251. The minimum Gasteiger partial charge on any atom is -0.462 e. The summed E-state index contributed by atoms with van der Waals surface area (Å²) in [5.41, 5.74) is 1.75. The average Bonchev–Trinajstić information content (AvgIpc) is 3.16. The summed E-state index contributed by atoms with van der Waals surface area (Å²) in [5, 5.41) is 5.26. The van der Waals surface area contributed by atoms with E-state index in [4.69, 9.17) is 21.1 Å². The Labute approximate surface area is 240 Å². The van der Waals surface area contributed by atoms with Crippen molar-refractivity contribution in [2.75, 3.05) is 22.1 Å². The van der Waals surface area contributed by atoms with Gasteiger partial charge in [-0.1, -0.05) is 17.7 Å². The molecule has 210 valence electrons. The number of carbonyl (C=O) groups excluding carboxylic acids is 5. The van der Waals surface area contributed by atoms with Gasteiger partial charge in [0.25, 0.3) is 17.7 Å². The zero-order valence-electron chi connectivity index (χ0n) is 22.4. The molecule has 1 heterocycles. The molecule has 1 aliphatic heterocycles. The summed E-state index contributed by atoms with van der Waals surface area (Å²) >= 11 is 6.23. The van der Waals surface area contributed by atoms with E-state index >= 15 is 0 Å². The first-order valence-corrected chi connectivity index (χ1v) is 13.0. The number of carbonyl (C=O) groups is 5. The first-order valence-electron chi connectivity index (χ1n) is 12.6. The second kappa shape index (κ2) is 12.5. The highest BCUT2D eigenvalue weighted by molar-refractivity contribution is 6.53. The van der Waals surface area contributed by atoms with Crippen LogP contribution in [0.5, 0.6) is 0 Å². The van der Waals surface area contributed by atoms with Gasteiger partial charge in [-0.05, 0) is 87.5 Å². The van der Waals surface area contributed by atoms with Gasteiger partial charge < -0.3 is 20.1 Å². The Morgan fingerprint density at radius 1 is 0.829 bits per heavy atom. The molecule has 0 aliphatic carbocycles. The first kappa shape index (κ1) is 29.0. The molecule has 1 aliphatic rings. The third-order valence-corrected chi connectivity index (χ3v) is 6.13. The summed E-state index contributed by atoms with van der Waals surface area (Å²) in [6.45, 7) is 5.41. The summed E-state index contributed by atoms with van der Waals surface area (Å²) in [7, 11) is 0. The van der Waals surface area contributed by atoms with Crippen LogP contribution in [0.2, 0.25) is 0 Å². The van der Waals surface area contributed by atoms with Gasteiger partial charge in [-0.2, -0.15) is 0 Å². The highest BCUT2D eigenvalue weighted by atomic mass is 35.5. The number of amides is 3. The van der Waals surface area contributed by atoms with Crippen molar-refractivity contribution < 1.29 is 33.4 Å². The van der Waals surface area contributed by atoms with Crippen molar-refractivity contribution in [3.05, 3.63) is 100 Å². The average molecular weight is 576 g/mol. The van der Waals surface area contributed by atoms with Gasteiger partial charge in [-0.3, -0.25) is 14.4 Å². The van der Waals surface area contributed by atoms with Crippen LogP contribution in [0, 0.1) is 0 Å². The maximum Gasteiger partial charge on any atom is 0.338 e. The normalized spacial score (nSPS) is 13.0. The van der Waals surface area contributed by atoms with Gasteiger partial charge in [0.1, 0.15) is 10.7 Å². The lowest BCUT2D eigenvalue weighted by molar-refractivity contribution is -0.120. The van der Waals surface area contributed by atoms with Gasteiger partial charge >= 0.3 is 11.9 Å². The molecule has 3 aromatic rings. The van der Waals surface area contributed by atoms with E-state index in [0.717, 1.165) is 4.90 Å². The Balaban J connectivity index is 1.45. The predicted octanol–water partition coefficient (Wildman–Crippen LogP) is 5.12. The van der Waals surface area contributed by atoms with Crippen molar-refractivity contribution >= 4 is 58.3 Å². The predicted molar refractivity (Wildman–Crippen MR) is 153 cm³/mol. The number of anilines is 3. The molecular formula is C30H26ClN3O7. The molecule has 0 atom stereocenters. The van der Waals surface area contributed by atoms with Crippen molar-refractivity contribution in [1.82, 2.24) is 0 Å². The molecule has 3 amide bonds. The minimum absolute atomic E-state index is 0.160. The molecule has 0 fully saturated rings. The zero-order chi connectivity index (χ0) is 29.7. The number of nitrogens with zero attached hydrogens (tertiary/aromatic N) is 1. The van der Waals surface area contributed by atoms with E-state index in [0.29, 0.717) is 16.9 Å². The first-order chi connectivity index (χ1) is 19.6. The van der Waals surface area contributed by atoms with Crippen LogP contribution in [0.1, 0.15) is 51.8 Å². The van der Waals surface area contributed by atoms with Crippen LogP contribution in [-0.2, 0) is 19.1 Å². The van der Waals surface area contributed by atoms with Crippen LogP contribution in [-0.4, -0.2) is 42.4 Å². The third kappa shape index (κ3) is 6.62. The largest absolute Gasteiger partial charge is 0.462 e. The van der Waals surface area contributed by atoms with Gasteiger partial charge in [0, 0.05) is 16.9 Å². The van der Waals surface area contributed by atoms with E-state index < -0.39 is 29.7 Å². The fourth-order valence-corrected chi connectivity index (χ4v) is 4.08. The van der Waals surface area contributed by atoms with Gasteiger partial charge in [-0.25, -0.2) is 14.5 Å². The highest BCUT2D eigenvalue weighted by Gasteiger charge is 2.39. The number of hydrogen-bond acceptors (Lipinski definition) is 8. The number of benzene rings is 3. The van der Waals surface area contributed by atoms with Gasteiger partial charge in [0.05, 0.1) is 29.5 Å². The highest BCUT2D eigenvalue weighted by Crippen LogP contribution is 2.30. The van der Waals surface area contributed by atoms with Crippen molar-refractivity contribution in [3.8, 4) is 0 Å². The van der Waals surface area contributed by atoms with Crippen molar-refractivity contribution in [3.63, 3.8) is 0 Å². The fraction of sp³-hybridized carbons (Fsp3) is 0.167.